The van der Waals surface area contributed by atoms with Crippen LogP contribution in [0, 0.1) is 6.92 Å². The highest BCUT2D eigenvalue weighted by Crippen LogP contribution is 2.25. The fourth-order valence-corrected chi connectivity index (χ4v) is 3.64. The fraction of sp³-hybridized carbons (Fsp3) is 0.240. The molecule has 7 nitrogen and oxygen atoms in total. The molecule has 1 aromatic heterocycles. The predicted octanol–water partition coefficient (Wildman–Crippen LogP) is 4.36. The van der Waals surface area contributed by atoms with Crippen LogP contribution in [0.25, 0.3) is 0 Å². The summed E-state index contributed by atoms with van der Waals surface area (Å²) < 4.78 is 10.8. The lowest BCUT2D eigenvalue weighted by atomic mass is 10.1. The molecular weight excluding hydrogens is 408 g/mol. The summed E-state index contributed by atoms with van der Waals surface area (Å²) in [4.78, 5) is 40.2. The molecule has 4 rings (SSSR count). The number of amides is 2. The van der Waals surface area contributed by atoms with Crippen LogP contribution in [0.1, 0.15) is 51.0 Å². The average Bonchev–Trinajstić information content (AvgIpc) is 3.53. The van der Waals surface area contributed by atoms with Crippen molar-refractivity contribution in [2.75, 3.05) is 18.4 Å². The van der Waals surface area contributed by atoms with Crippen molar-refractivity contribution < 1.29 is 23.5 Å². The molecule has 1 aliphatic heterocycles. The molecule has 2 heterocycles. The van der Waals surface area contributed by atoms with Crippen LogP contribution in [-0.4, -0.2) is 35.8 Å². The van der Waals surface area contributed by atoms with Gasteiger partial charge in [0.15, 0.2) is 5.76 Å². The topological polar surface area (TPSA) is 88.9 Å². The summed E-state index contributed by atoms with van der Waals surface area (Å²) in [5.41, 5.74) is 2.09. The van der Waals surface area contributed by atoms with Gasteiger partial charge in [0.2, 0.25) is 6.10 Å². The molecule has 7 heteroatoms. The lowest BCUT2D eigenvalue weighted by Crippen LogP contribution is -2.34. The Bertz CT molecular complexity index is 1100. The predicted molar refractivity (Wildman–Crippen MR) is 118 cm³/mol. The maximum Gasteiger partial charge on any atom is 0.339 e. The smallest absolute Gasteiger partial charge is 0.339 e. The number of hydrogen-bond acceptors (Lipinski definition) is 5. The quantitative estimate of drug-likeness (QED) is 0.585. The molecule has 0 saturated carbocycles. The number of rotatable bonds is 6. The number of nitrogens with zero attached hydrogens (tertiary/aromatic N) is 1. The Morgan fingerprint density at radius 3 is 2.44 bits per heavy atom. The van der Waals surface area contributed by atoms with Crippen LogP contribution in [-0.2, 0) is 9.53 Å². The first-order chi connectivity index (χ1) is 15.5. The molecule has 1 fully saturated rings. The lowest BCUT2D eigenvalue weighted by Gasteiger charge is -2.23. The van der Waals surface area contributed by atoms with Crippen LogP contribution in [0.4, 0.5) is 5.69 Å². The van der Waals surface area contributed by atoms with E-state index in [9.17, 15) is 14.4 Å². The highest BCUT2D eigenvalue weighted by molar-refractivity contribution is 6.03. The number of ether oxygens (including phenoxy) is 1. The van der Waals surface area contributed by atoms with E-state index in [1.165, 1.54) is 6.26 Å². The summed E-state index contributed by atoms with van der Waals surface area (Å²) in [6, 6.07) is 17.1. The minimum Gasteiger partial charge on any atom is -0.459 e. The van der Waals surface area contributed by atoms with Crippen LogP contribution in [0.3, 0.4) is 0 Å². The maximum atomic E-state index is 13.1. The van der Waals surface area contributed by atoms with Crippen molar-refractivity contribution >= 4 is 23.5 Å². The monoisotopic (exact) mass is 432 g/mol. The van der Waals surface area contributed by atoms with E-state index in [4.69, 9.17) is 9.15 Å². The van der Waals surface area contributed by atoms with Gasteiger partial charge in [0.05, 0.1) is 11.8 Å². The number of benzene rings is 2. The van der Waals surface area contributed by atoms with E-state index < -0.39 is 18.0 Å². The molecular formula is C25H24N2O5. The van der Waals surface area contributed by atoms with E-state index in [0.717, 1.165) is 18.4 Å². The molecule has 0 bridgehead atoms. The Hall–Kier alpha value is -3.87. The summed E-state index contributed by atoms with van der Waals surface area (Å²) in [7, 11) is 0. The molecule has 2 aromatic carbocycles. The molecule has 0 aliphatic carbocycles. The van der Waals surface area contributed by atoms with Gasteiger partial charge < -0.3 is 19.4 Å². The number of nitrogens with one attached hydrogen (secondary N) is 1. The minimum atomic E-state index is -1.02. The molecule has 32 heavy (non-hydrogen) atoms. The average molecular weight is 432 g/mol. The maximum absolute atomic E-state index is 13.1. The first-order valence-corrected chi connectivity index (χ1v) is 10.5. The van der Waals surface area contributed by atoms with E-state index in [1.807, 2.05) is 25.1 Å². The zero-order valence-electron chi connectivity index (χ0n) is 17.7. The summed E-state index contributed by atoms with van der Waals surface area (Å²) in [5.74, 6) is -1.12. The summed E-state index contributed by atoms with van der Waals surface area (Å²) in [5, 5.41) is 2.74. The van der Waals surface area contributed by atoms with Crippen LogP contribution >= 0.6 is 0 Å². The Morgan fingerprint density at radius 1 is 1.00 bits per heavy atom. The normalized spacial score (nSPS) is 14.1. The van der Waals surface area contributed by atoms with Crippen molar-refractivity contribution in [3.63, 3.8) is 0 Å². The summed E-state index contributed by atoms with van der Waals surface area (Å²) >= 11 is 0. The van der Waals surface area contributed by atoms with Gasteiger partial charge >= 0.3 is 5.97 Å². The van der Waals surface area contributed by atoms with E-state index in [-0.39, 0.29) is 17.2 Å². The standard InChI is InChI=1S/C25H24N2O5/c1-17-11-12-19(16-20(17)26-23(28)21-10-7-15-31-21)25(30)32-22(18-8-3-2-4-9-18)24(29)27-13-5-6-14-27/h2-4,7-12,15-16,22H,5-6,13-14H2,1H3,(H,26,28). The molecule has 1 atom stereocenters. The second kappa shape index (κ2) is 9.51. The van der Waals surface area contributed by atoms with Gasteiger partial charge in [0.25, 0.3) is 11.8 Å². The van der Waals surface area contributed by atoms with Crippen LogP contribution in [0.5, 0.6) is 0 Å². The van der Waals surface area contributed by atoms with Gasteiger partial charge in [-0.15, -0.1) is 0 Å². The molecule has 1 saturated heterocycles. The largest absolute Gasteiger partial charge is 0.459 e. The number of carbonyl (C=O) groups excluding carboxylic acids is 3. The zero-order valence-corrected chi connectivity index (χ0v) is 17.7. The highest BCUT2D eigenvalue weighted by atomic mass is 16.5. The van der Waals surface area contributed by atoms with Gasteiger partial charge in [-0.05, 0) is 49.6 Å². The first kappa shape index (κ1) is 21.4. The Balaban J connectivity index is 1.55. The van der Waals surface area contributed by atoms with Crippen molar-refractivity contribution in [2.24, 2.45) is 0 Å². The number of esters is 1. The summed E-state index contributed by atoms with van der Waals surface area (Å²) in [6.07, 6.45) is 2.27. The third-order valence-electron chi connectivity index (χ3n) is 5.44. The third-order valence-corrected chi connectivity index (χ3v) is 5.44. The molecule has 0 radical (unpaired) electrons. The van der Waals surface area contributed by atoms with Gasteiger partial charge in [-0.3, -0.25) is 9.59 Å². The Kier molecular flexibility index (Phi) is 6.35. The number of likely N-dealkylation sites (tertiary alicyclic amines) is 1. The number of anilines is 1. The molecule has 164 valence electrons. The lowest BCUT2D eigenvalue weighted by molar-refractivity contribution is -0.140. The molecule has 1 unspecified atom stereocenters. The van der Waals surface area contributed by atoms with Crippen LogP contribution in [0.15, 0.2) is 71.3 Å². The number of hydrogen-bond donors (Lipinski definition) is 1. The summed E-state index contributed by atoms with van der Waals surface area (Å²) in [6.45, 7) is 3.14. The highest BCUT2D eigenvalue weighted by Gasteiger charge is 2.31. The third kappa shape index (κ3) is 4.72. The molecule has 1 aliphatic rings. The SMILES string of the molecule is Cc1ccc(C(=O)OC(C(=O)N2CCCC2)c2ccccc2)cc1NC(=O)c1ccco1. The van der Waals surface area contributed by atoms with Crippen molar-refractivity contribution in [1.29, 1.82) is 0 Å². The minimum absolute atomic E-state index is 0.165. The number of furan rings is 1. The molecule has 2 amide bonds. The van der Waals surface area contributed by atoms with Gasteiger partial charge in [-0.2, -0.15) is 0 Å². The van der Waals surface area contributed by atoms with E-state index in [2.05, 4.69) is 5.32 Å². The van der Waals surface area contributed by atoms with Crippen molar-refractivity contribution in [3.05, 3.63) is 89.4 Å². The van der Waals surface area contributed by atoms with Gasteiger partial charge in [-0.1, -0.05) is 36.4 Å². The Labute approximate surface area is 186 Å². The van der Waals surface area contributed by atoms with Crippen LogP contribution in [0.2, 0.25) is 0 Å². The first-order valence-electron chi connectivity index (χ1n) is 10.5. The van der Waals surface area contributed by atoms with Crippen LogP contribution < -0.4 is 5.32 Å². The molecule has 1 N–H and O–H groups in total. The van der Waals surface area contributed by atoms with Gasteiger partial charge in [0.1, 0.15) is 0 Å². The molecule has 3 aromatic rings. The molecule has 0 spiro atoms. The fourth-order valence-electron chi connectivity index (χ4n) is 3.64. The van der Waals surface area contributed by atoms with Gasteiger partial charge in [-0.25, -0.2) is 4.79 Å². The van der Waals surface area contributed by atoms with E-state index in [1.54, 1.807) is 47.4 Å². The van der Waals surface area contributed by atoms with Crippen molar-refractivity contribution in [1.82, 2.24) is 4.90 Å². The van der Waals surface area contributed by atoms with Crippen molar-refractivity contribution in [2.45, 2.75) is 25.9 Å². The number of aryl methyl sites for hydroxylation is 1. The van der Waals surface area contributed by atoms with Gasteiger partial charge in [0, 0.05) is 24.3 Å². The Morgan fingerprint density at radius 2 is 1.75 bits per heavy atom. The van der Waals surface area contributed by atoms with Crippen molar-refractivity contribution in [3.8, 4) is 0 Å². The zero-order chi connectivity index (χ0) is 22.5. The second-order valence-electron chi connectivity index (χ2n) is 7.69. The van der Waals surface area contributed by atoms with E-state index >= 15 is 0 Å². The van der Waals surface area contributed by atoms with E-state index in [0.29, 0.717) is 24.3 Å². The number of carbonyl (C=O) groups is 3. The second-order valence-corrected chi connectivity index (χ2v) is 7.69.